The number of ether oxygens (including phenoxy) is 2. The Kier molecular flexibility index (Phi) is 6.41. The Hall–Kier alpha value is -2.36. The largest absolute Gasteiger partial charge is 0.497 e. The summed E-state index contributed by atoms with van der Waals surface area (Å²) in [6, 6.07) is 8.21. The van der Waals surface area contributed by atoms with E-state index in [0.29, 0.717) is 11.4 Å². The van der Waals surface area contributed by atoms with Crippen LogP contribution in [0.3, 0.4) is 0 Å². The average molecular weight is 414 g/mol. The van der Waals surface area contributed by atoms with Crippen LogP contribution in [0.25, 0.3) is 11.3 Å². The van der Waals surface area contributed by atoms with Gasteiger partial charge < -0.3 is 9.47 Å². The second kappa shape index (κ2) is 8.35. The van der Waals surface area contributed by atoms with Crippen molar-refractivity contribution in [2.45, 2.75) is 4.90 Å². The molecule has 0 spiro atoms. The maximum atomic E-state index is 12.7. The van der Waals surface area contributed by atoms with Gasteiger partial charge in [0.15, 0.2) is 5.13 Å². The fourth-order valence-electron chi connectivity index (χ4n) is 2.13. The summed E-state index contributed by atoms with van der Waals surface area (Å²) in [4.78, 5) is 8.31. The van der Waals surface area contributed by atoms with Crippen molar-refractivity contribution in [3.63, 3.8) is 0 Å². The van der Waals surface area contributed by atoms with E-state index in [4.69, 9.17) is 9.47 Å². The van der Waals surface area contributed by atoms with Crippen LogP contribution in [0, 0.1) is 0 Å². The first-order chi connectivity index (χ1) is 12.0. The van der Waals surface area contributed by atoms with Gasteiger partial charge in [-0.3, -0.25) is 9.71 Å². The molecule has 10 heteroatoms. The molecule has 0 atom stereocenters. The summed E-state index contributed by atoms with van der Waals surface area (Å²) in [7, 11) is -1.01. The summed E-state index contributed by atoms with van der Waals surface area (Å²) in [6.45, 7) is 0. The molecule has 0 aliphatic carbocycles. The number of rotatable bonds is 6. The molecule has 0 unspecified atom stereocenters. The van der Waals surface area contributed by atoms with Crippen LogP contribution in [0.1, 0.15) is 0 Å². The first kappa shape index (κ1) is 20.0. The molecule has 1 aromatic carbocycles. The van der Waals surface area contributed by atoms with Crippen molar-refractivity contribution in [2.24, 2.45) is 0 Å². The highest BCUT2D eigenvalue weighted by molar-refractivity contribution is 7.93. The number of pyridine rings is 1. The van der Waals surface area contributed by atoms with Crippen molar-refractivity contribution in [2.75, 3.05) is 18.9 Å². The standard InChI is InChI=1S/C16H15N3O4S2.ClH/c1-22-12-5-6-14(23-2)15(8-12)25(20,21)19-16-18-13(10-24-16)11-4-3-7-17-9-11;/h3-10H,1-2H3,(H,18,19);1H. The molecule has 0 saturated carbocycles. The quantitative estimate of drug-likeness (QED) is 0.665. The monoisotopic (exact) mass is 413 g/mol. The molecule has 138 valence electrons. The lowest BCUT2D eigenvalue weighted by Crippen LogP contribution is -2.14. The minimum absolute atomic E-state index is 0. The van der Waals surface area contributed by atoms with Gasteiger partial charge in [-0.1, -0.05) is 0 Å². The summed E-state index contributed by atoms with van der Waals surface area (Å²) >= 11 is 1.19. The van der Waals surface area contributed by atoms with E-state index in [9.17, 15) is 8.42 Å². The highest BCUT2D eigenvalue weighted by atomic mass is 35.5. The van der Waals surface area contributed by atoms with Crippen LogP contribution >= 0.6 is 23.7 Å². The lowest BCUT2D eigenvalue weighted by Gasteiger charge is -2.11. The van der Waals surface area contributed by atoms with Crippen LogP contribution in [0.2, 0.25) is 0 Å². The van der Waals surface area contributed by atoms with Crippen LogP contribution in [-0.4, -0.2) is 32.6 Å². The SMILES string of the molecule is COc1ccc(OC)c(S(=O)(=O)Nc2nc(-c3cccnc3)cs2)c1.Cl. The van der Waals surface area contributed by atoms with Crippen LogP contribution < -0.4 is 14.2 Å². The first-order valence-corrected chi connectivity index (χ1v) is 9.50. The zero-order chi connectivity index (χ0) is 17.9. The third-order valence-electron chi connectivity index (χ3n) is 3.34. The molecule has 2 aromatic heterocycles. The van der Waals surface area contributed by atoms with Crippen molar-refractivity contribution in [3.8, 4) is 22.8 Å². The van der Waals surface area contributed by atoms with Crippen molar-refractivity contribution >= 4 is 38.9 Å². The van der Waals surface area contributed by atoms with E-state index in [2.05, 4.69) is 14.7 Å². The maximum absolute atomic E-state index is 12.7. The number of thiazole rings is 1. The van der Waals surface area contributed by atoms with Crippen molar-refractivity contribution in [1.29, 1.82) is 0 Å². The van der Waals surface area contributed by atoms with Gasteiger partial charge in [0.25, 0.3) is 10.0 Å². The Balaban J connectivity index is 0.00000243. The van der Waals surface area contributed by atoms with Gasteiger partial charge in [-0.25, -0.2) is 13.4 Å². The molecule has 3 rings (SSSR count). The highest BCUT2D eigenvalue weighted by Gasteiger charge is 2.22. The van der Waals surface area contributed by atoms with E-state index < -0.39 is 10.0 Å². The number of methoxy groups -OCH3 is 2. The highest BCUT2D eigenvalue weighted by Crippen LogP contribution is 2.31. The van der Waals surface area contributed by atoms with Gasteiger partial charge in [0.1, 0.15) is 16.4 Å². The molecular weight excluding hydrogens is 398 g/mol. The third-order valence-corrected chi connectivity index (χ3v) is 5.59. The van der Waals surface area contributed by atoms with Crippen LogP contribution in [0.5, 0.6) is 11.5 Å². The van der Waals surface area contributed by atoms with E-state index >= 15 is 0 Å². The summed E-state index contributed by atoms with van der Waals surface area (Å²) in [6.07, 6.45) is 3.33. The van der Waals surface area contributed by atoms with Gasteiger partial charge in [0.2, 0.25) is 0 Å². The summed E-state index contributed by atoms with van der Waals surface area (Å²) in [5.41, 5.74) is 1.46. The first-order valence-electron chi connectivity index (χ1n) is 7.14. The fraction of sp³-hybridized carbons (Fsp3) is 0.125. The summed E-state index contributed by atoms with van der Waals surface area (Å²) < 4.78 is 38.1. The van der Waals surface area contributed by atoms with Gasteiger partial charge >= 0.3 is 0 Å². The predicted molar refractivity (Wildman–Crippen MR) is 103 cm³/mol. The number of nitrogens with one attached hydrogen (secondary N) is 1. The molecule has 1 N–H and O–H groups in total. The third kappa shape index (κ3) is 4.24. The Morgan fingerprint density at radius 3 is 2.62 bits per heavy atom. The zero-order valence-electron chi connectivity index (χ0n) is 13.9. The van der Waals surface area contributed by atoms with Gasteiger partial charge in [-0.15, -0.1) is 23.7 Å². The van der Waals surface area contributed by atoms with E-state index in [1.807, 2.05) is 6.07 Å². The topological polar surface area (TPSA) is 90.4 Å². The summed E-state index contributed by atoms with van der Waals surface area (Å²) in [5, 5.41) is 2.02. The Morgan fingerprint density at radius 1 is 1.15 bits per heavy atom. The second-order valence-corrected chi connectivity index (χ2v) is 7.41. The van der Waals surface area contributed by atoms with Crippen molar-refractivity contribution < 1.29 is 17.9 Å². The van der Waals surface area contributed by atoms with Crippen LogP contribution in [0.4, 0.5) is 5.13 Å². The number of sulfonamides is 1. The minimum atomic E-state index is -3.88. The minimum Gasteiger partial charge on any atom is -0.497 e. The van der Waals surface area contributed by atoms with Gasteiger partial charge in [-0.2, -0.15) is 0 Å². The number of halogens is 1. The molecule has 26 heavy (non-hydrogen) atoms. The predicted octanol–water partition coefficient (Wildman–Crippen LogP) is 3.44. The normalized spacial score (nSPS) is 10.7. The van der Waals surface area contributed by atoms with Crippen LogP contribution in [-0.2, 0) is 10.0 Å². The molecule has 7 nitrogen and oxygen atoms in total. The maximum Gasteiger partial charge on any atom is 0.267 e. The molecule has 0 bridgehead atoms. The van der Waals surface area contributed by atoms with E-state index in [1.54, 1.807) is 29.9 Å². The Morgan fingerprint density at radius 2 is 1.96 bits per heavy atom. The number of aromatic nitrogens is 2. The average Bonchev–Trinajstić information content (AvgIpc) is 3.09. The molecule has 0 amide bonds. The molecule has 0 radical (unpaired) electrons. The van der Waals surface area contributed by atoms with Gasteiger partial charge in [0.05, 0.1) is 19.9 Å². The van der Waals surface area contributed by atoms with Gasteiger partial charge in [-0.05, 0) is 24.3 Å². The Labute approximate surface area is 161 Å². The van der Waals surface area contributed by atoms with Crippen molar-refractivity contribution in [3.05, 3.63) is 48.1 Å². The molecule has 0 saturated heterocycles. The lowest BCUT2D eigenvalue weighted by atomic mass is 10.2. The number of nitrogens with zero attached hydrogens (tertiary/aromatic N) is 2. The molecule has 0 aliphatic heterocycles. The van der Waals surface area contributed by atoms with Crippen molar-refractivity contribution in [1.82, 2.24) is 9.97 Å². The number of hydrogen-bond acceptors (Lipinski definition) is 7. The summed E-state index contributed by atoms with van der Waals surface area (Å²) in [5.74, 6) is 0.633. The molecule has 0 fully saturated rings. The number of anilines is 1. The molecule has 3 aromatic rings. The second-order valence-electron chi connectivity index (χ2n) is 4.90. The molecule has 2 heterocycles. The van der Waals surface area contributed by atoms with E-state index in [1.165, 1.54) is 37.7 Å². The lowest BCUT2D eigenvalue weighted by molar-refractivity contribution is 0.392. The molecule has 0 aliphatic rings. The Bertz CT molecular complexity index is 978. The van der Waals surface area contributed by atoms with E-state index in [-0.39, 0.29) is 28.2 Å². The molecular formula is C16H16ClN3O4S2. The zero-order valence-corrected chi connectivity index (χ0v) is 16.3. The van der Waals surface area contributed by atoms with Gasteiger partial charge in [0, 0.05) is 29.4 Å². The number of hydrogen-bond donors (Lipinski definition) is 1. The smallest absolute Gasteiger partial charge is 0.267 e. The van der Waals surface area contributed by atoms with E-state index in [0.717, 1.165) is 5.56 Å². The van der Waals surface area contributed by atoms with Crippen LogP contribution in [0.15, 0.2) is 53.0 Å². The number of benzene rings is 1. The fourth-order valence-corrected chi connectivity index (χ4v) is 4.29.